The van der Waals surface area contributed by atoms with Crippen molar-refractivity contribution in [1.29, 1.82) is 0 Å². The minimum atomic E-state index is -0.132. The first-order chi connectivity index (χ1) is 3.80. The summed E-state index contributed by atoms with van der Waals surface area (Å²) in [5.41, 5.74) is 0. The number of carbonyl (C=O) groups is 1. The van der Waals surface area contributed by atoms with Gasteiger partial charge in [0.1, 0.15) is 11.4 Å². The third kappa shape index (κ3) is 1.10. The van der Waals surface area contributed by atoms with E-state index in [2.05, 4.69) is 15.9 Å². The summed E-state index contributed by atoms with van der Waals surface area (Å²) in [5, 5.41) is 0. The van der Waals surface area contributed by atoms with Crippen LogP contribution in [-0.2, 0) is 9.53 Å². The van der Waals surface area contributed by atoms with Crippen LogP contribution in [0.1, 0.15) is 0 Å². The zero-order chi connectivity index (χ0) is 5.98. The van der Waals surface area contributed by atoms with Gasteiger partial charge in [-0.05, 0) is 0 Å². The third-order valence-electron chi connectivity index (χ3n) is 0.880. The maximum Gasteiger partial charge on any atom is 0.175 e. The smallest absolute Gasteiger partial charge is 0.175 e. The van der Waals surface area contributed by atoms with Crippen molar-refractivity contribution in [3.63, 3.8) is 0 Å². The van der Waals surface area contributed by atoms with E-state index in [1.165, 1.54) is 12.3 Å². The van der Waals surface area contributed by atoms with Gasteiger partial charge in [0.25, 0.3) is 0 Å². The fourth-order valence-electron chi connectivity index (χ4n) is 0.442. The molecule has 1 heterocycles. The Morgan fingerprint density at radius 1 is 1.88 bits per heavy atom. The summed E-state index contributed by atoms with van der Waals surface area (Å²) in [7, 11) is 0. The first-order valence-corrected chi connectivity index (χ1v) is 3.18. The fraction of sp³-hybridized carbons (Fsp3) is 0.400. The van der Waals surface area contributed by atoms with Crippen LogP contribution in [0.3, 0.4) is 0 Å². The van der Waals surface area contributed by atoms with Crippen LogP contribution in [-0.4, -0.2) is 17.2 Å². The molecule has 0 aromatic rings. The number of halogens is 1. The molecule has 2 nitrogen and oxygen atoms in total. The molecule has 0 amide bonds. The summed E-state index contributed by atoms with van der Waals surface area (Å²) >= 11 is 3.13. The lowest BCUT2D eigenvalue weighted by atomic mass is 10.3. The van der Waals surface area contributed by atoms with E-state index in [9.17, 15) is 4.79 Å². The van der Waals surface area contributed by atoms with Crippen LogP contribution in [0, 0.1) is 0 Å². The molecule has 1 atom stereocenters. The molecule has 1 aliphatic heterocycles. The molecule has 0 fully saturated rings. The third-order valence-corrected chi connectivity index (χ3v) is 1.60. The van der Waals surface area contributed by atoms with E-state index < -0.39 is 0 Å². The predicted octanol–water partition coefficient (Wildman–Crippen LogP) is 0.863. The molecular formula is C5H5BrO2. The molecule has 0 spiro atoms. The number of hydrogen-bond donors (Lipinski definition) is 0. The first kappa shape index (κ1) is 5.82. The molecule has 0 bridgehead atoms. The van der Waals surface area contributed by atoms with Crippen molar-refractivity contribution >= 4 is 21.7 Å². The van der Waals surface area contributed by atoms with Crippen LogP contribution < -0.4 is 0 Å². The summed E-state index contributed by atoms with van der Waals surface area (Å²) in [6, 6.07) is 0. The van der Waals surface area contributed by atoms with Gasteiger partial charge in [-0.15, -0.1) is 0 Å². The van der Waals surface area contributed by atoms with E-state index in [1.54, 1.807) is 0 Å². The van der Waals surface area contributed by atoms with Crippen LogP contribution in [0.4, 0.5) is 0 Å². The molecule has 0 aromatic carbocycles. The number of rotatable bonds is 0. The Morgan fingerprint density at radius 3 is 3.00 bits per heavy atom. The Bertz CT molecular complexity index is 130. The number of ether oxygens (including phenoxy) is 1. The monoisotopic (exact) mass is 176 g/mol. The molecule has 1 aliphatic rings. The zero-order valence-electron chi connectivity index (χ0n) is 4.13. The standard InChI is InChI=1S/C5H5BrO2/c6-4-3-8-2-1-5(4)7/h1-2,4H,3H2. The predicted molar refractivity (Wildman–Crippen MR) is 32.8 cm³/mol. The molecule has 1 unspecified atom stereocenters. The van der Waals surface area contributed by atoms with E-state index in [1.807, 2.05) is 0 Å². The van der Waals surface area contributed by atoms with Gasteiger partial charge >= 0.3 is 0 Å². The molecule has 0 radical (unpaired) electrons. The van der Waals surface area contributed by atoms with Gasteiger partial charge < -0.3 is 4.74 Å². The Balaban J connectivity index is 2.60. The van der Waals surface area contributed by atoms with Crippen molar-refractivity contribution in [2.75, 3.05) is 6.61 Å². The Morgan fingerprint density at radius 2 is 2.62 bits per heavy atom. The van der Waals surface area contributed by atoms with Gasteiger partial charge in [0, 0.05) is 6.08 Å². The van der Waals surface area contributed by atoms with Gasteiger partial charge in [0.15, 0.2) is 5.78 Å². The number of alkyl halides is 1. The highest BCUT2D eigenvalue weighted by molar-refractivity contribution is 9.10. The minimum absolute atomic E-state index is 0.0799. The van der Waals surface area contributed by atoms with E-state index in [0.717, 1.165) is 0 Å². The molecule has 8 heavy (non-hydrogen) atoms. The van der Waals surface area contributed by atoms with Gasteiger partial charge in [0.2, 0.25) is 0 Å². The average molecular weight is 177 g/mol. The van der Waals surface area contributed by atoms with Gasteiger partial charge in [-0.25, -0.2) is 0 Å². The molecule has 0 aromatic heterocycles. The zero-order valence-corrected chi connectivity index (χ0v) is 5.72. The van der Waals surface area contributed by atoms with Crippen molar-refractivity contribution in [3.8, 4) is 0 Å². The lowest BCUT2D eigenvalue weighted by molar-refractivity contribution is -0.115. The van der Waals surface area contributed by atoms with Gasteiger partial charge in [-0.1, -0.05) is 15.9 Å². The highest BCUT2D eigenvalue weighted by Gasteiger charge is 2.14. The lowest BCUT2D eigenvalue weighted by Gasteiger charge is -2.09. The summed E-state index contributed by atoms with van der Waals surface area (Å²) in [6.45, 7) is 0.454. The minimum Gasteiger partial charge on any atom is -0.499 e. The molecule has 0 saturated carbocycles. The normalized spacial score (nSPS) is 27.6. The van der Waals surface area contributed by atoms with Crippen molar-refractivity contribution in [3.05, 3.63) is 12.3 Å². The lowest BCUT2D eigenvalue weighted by Crippen LogP contribution is -2.20. The molecular weight excluding hydrogens is 172 g/mol. The summed E-state index contributed by atoms with van der Waals surface area (Å²) in [4.78, 5) is 10.4. The van der Waals surface area contributed by atoms with Crippen LogP contribution in [0.2, 0.25) is 0 Å². The second kappa shape index (κ2) is 2.31. The van der Waals surface area contributed by atoms with Crippen LogP contribution in [0.15, 0.2) is 12.3 Å². The second-order valence-electron chi connectivity index (χ2n) is 1.51. The number of ketones is 1. The molecule has 0 aliphatic carbocycles. The molecule has 0 saturated heterocycles. The van der Waals surface area contributed by atoms with Gasteiger partial charge in [-0.2, -0.15) is 0 Å². The largest absolute Gasteiger partial charge is 0.499 e. The molecule has 0 N–H and O–H groups in total. The Labute approximate surface area is 55.6 Å². The van der Waals surface area contributed by atoms with Crippen molar-refractivity contribution in [1.82, 2.24) is 0 Å². The maximum absolute atomic E-state index is 10.6. The SMILES string of the molecule is O=C1C=COCC1Br. The summed E-state index contributed by atoms with van der Waals surface area (Å²) in [5.74, 6) is 0.0799. The van der Waals surface area contributed by atoms with Crippen molar-refractivity contribution in [2.24, 2.45) is 0 Å². The molecule has 3 heteroatoms. The summed E-state index contributed by atoms with van der Waals surface area (Å²) in [6.07, 6.45) is 2.84. The van der Waals surface area contributed by atoms with E-state index in [0.29, 0.717) is 6.61 Å². The topological polar surface area (TPSA) is 26.3 Å². The summed E-state index contributed by atoms with van der Waals surface area (Å²) < 4.78 is 4.80. The number of allylic oxidation sites excluding steroid dienone is 1. The van der Waals surface area contributed by atoms with E-state index in [4.69, 9.17) is 4.74 Å². The molecule has 1 rings (SSSR count). The first-order valence-electron chi connectivity index (χ1n) is 2.27. The fourth-order valence-corrected chi connectivity index (χ4v) is 0.747. The van der Waals surface area contributed by atoms with Crippen molar-refractivity contribution in [2.45, 2.75) is 4.83 Å². The van der Waals surface area contributed by atoms with Gasteiger partial charge in [0.05, 0.1) is 6.26 Å². The van der Waals surface area contributed by atoms with Crippen LogP contribution in [0.5, 0.6) is 0 Å². The highest BCUT2D eigenvalue weighted by atomic mass is 79.9. The average Bonchev–Trinajstić information content (AvgIpc) is 1.77. The van der Waals surface area contributed by atoms with Gasteiger partial charge in [-0.3, -0.25) is 4.79 Å². The quantitative estimate of drug-likeness (QED) is 0.513. The Kier molecular flexibility index (Phi) is 1.68. The Hall–Kier alpha value is -0.310. The second-order valence-corrected chi connectivity index (χ2v) is 2.61. The highest BCUT2D eigenvalue weighted by Crippen LogP contribution is 2.06. The number of hydrogen-bond acceptors (Lipinski definition) is 2. The van der Waals surface area contributed by atoms with Crippen LogP contribution >= 0.6 is 15.9 Å². The van der Waals surface area contributed by atoms with E-state index in [-0.39, 0.29) is 10.6 Å². The maximum atomic E-state index is 10.6. The number of carbonyl (C=O) groups excluding carboxylic acids is 1. The molecule has 44 valence electrons. The van der Waals surface area contributed by atoms with Crippen molar-refractivity contribution < 1.29 is 9.53 Å². The van der Waals surface area contributed by atoms with E-state index >= 15 is 0 Å². The van der Waals surface area contributed by atoms with Crippen LogP contribution in [0.25, 0.3) is 0 Å².